The molecule has 1 aliphatic heterocycles. The van der Waals surface area contributed by atoms with E-state index in [9.17, 15) is 22.1 Å². The molecule has 3 rings (SSSR count). The van der Waals surface area contributed by atoms with Crippen molar-refractivity contribution in [2.45, 2.75) is 13.8 Å². The maximum absolute atomic E-state index is 13.4. The molecule has 1 heterocycles. The zero-order valence-corrected chi connectivity index (χ0v) is 17.8. The van der Waals surface area contributed by atoms with E-state index in [2.05, 4.69) is 0 Å². The van der Waals surface area contributed by atoms with Gasteiger partial charge in [-0.25, -0.2) is 16.8 Å². The number of nitriles is 1. The number of allylic oxidation sites excluding steroid dienone is 4. The van der Waals surface area contributed by atoms with Crippen molar-refractivity contribution in [2.75, 3.05) is 6.26 Å². The quantitative estimate of drug-likeness (QED) is 0.695. The third-order valence-corrected chi connectivity index (χ3v) is 7.49. The molecule has 0 bridgehead atoms. The summed E-state index contributed by atoms with van der Waals surface area (Å²) in [6.45, 7) is 3.77. The van der Waals surface area contributed by atoms with Crippen LogP contribution in [0.4, 0.5) is 0 Å². The number of nitrogens with zero attached hydrogens (tertiary/aromatic N) is 1. The molecule has 0 saturated carbocycles. The Morgan fingerprint density at radius 2 is 1.21 bits per heavy atom. The van der Waals surface area contributed by atoms with Crippen molar-refractivity contribution in [3.8, 4) is 6.07 Å². The van der Waals surface area contributed by atoms with E-state index < -0.39 is 24.6 Å². The van der Waals surface area contributed by atoms with Crippen LogP contribution in [0.3, 0.4) is 0 Å². The van der Waals surface area contributed by atoms with Gasteiger partial charge in [-0.05, 0) is 37.1 Å². The van der Waals surface area contributed by atoms with Crippen molar-refractivity contribution >= 4 is 29.5 Å². The Bertz CT molecular complexity index is 1250. The minimum absolute atomic E-state index is 0.0398. The Balaban J connectivity index is 2.37. The summed E-state index contributed by atoms with van der Waals surface area (Å²) in [5.74, 6) is 0. The van der Waals surface area contributed by atoms with E-state index in [1.165, 1.54) is 12.2 Å². The molecule has 7 heteroatoms. The number of hydrogen-bond acceptors (Lipinski definition) is 5. The summed E-state index contributed by atoms with van der Waals surface area (Å²) in [4.78, 5) is -0.550. The minimum atomic E-state index is -3.93. The molecule has 0 amide bonds. The van der Waals surface area contributed by atoms with Crippen molar-refractivity contribution < 1.29 is 16.8 Å². The van der Waals surface area contributed by atoms with Gasteiger partial charge in [-0.1, -0.05) is 59.7 Å². The van der Waals surface area contributed by atoms with Crippen LogP contribution in [0.1, 0.15) is 22.3 Å². The maximum atomic E-state index is 13.4. The lowest BCUT2D eigenvalue weighted by atomic mass is 10.1. The van der Waals surface area contributed by atoms with Crippen LogP contribution in [0.25, 0.3) is 9.81 Å². The Morgan fingerprint density at radius 3 is 1.52 bits per heavy atom. The monoisotopic (exact) mass is 425 g/mol. The van der Waals surface area contributed by atoms with Gasteiger partial charge in [0.2, 0.25) is 9.84 Å². The molecule has 2 aromatic rings. The van der Waals surface area contributed by atoms with Crippen molar-refractivity contribution in [1.82, 2.24) is 0 Å². The van der Waals surface area contributed by atoms with Gasteiger partial charge in [0.15, 0.2) is 14.7 Å². The zero-order valence-electron chi connectivity index (χ0n) is 16.2. The second-order valence-corrected chi connectivity index (χ2v) is 10.8. The number of aryl methyl sites for hydroxylation is 2. The second-order valence-electron chi connectivity index (χ2n) is 6.92. The van der Waals surface area contributed by atoms with E-state index in [-0.39, 0.29) is 15.4 Å². The van der Waals surface area contributed by atoms with Crippen LogP contribution in [0.15, 0.2) is 71.2 Å². The Kier molecular flexibility index (Phi) is 5.35. The summed E-state index contributed by atoms with van der Waals surface area (Å²) >= 11 is 0. The van der Waals surface area contributed by atoms with Crippen LogP contribution in [-0.2, 0) is 19.7 Å². The minimum Gasteiger partial charge on any atom is -0.223 e. The molecular weight excluding hydrogens is 406 g/mol. The van der Waals surface area contributed by atoms with E-state index in [1.54, 1.807) is 54.6 Å². The Morgan fingerprint density at radius 1 is 0.828 bits per heavy atom. The van der Waals surface area contributed by atoms with Crippen LogP contribution in [-0.4, -0.2) is 23.1 Å². The smallest absolute Gasteiger partial charge is 0.207 e. The molecule has 0 aliphatic carbocycles. The van der Waals surface area contributed by atoms with Crippen LogP contribution in [0, 0.1) is 25.2 Å². The number of benzene rings is 2. The molecular formula is C22H19NO4S2. The Labute approximate surface area is 171 Å². The van der Waals surface area contributed by atoms with Crippen molar-refractivity contribution in [1.29, 1.82) is 5.26 Å². The normalized spacial score (nSPS) is 15.9. The summed E-state index contributed by atoms with van der Waals surface area (Å²) in [7, 11) is -7.77. The first-order chi connectivity index (χ1) is 13.5. The van der Waals surface area contributed by atoms with Crippen molar-refractivity contribution in [3.05, 3.63) is 93.4 Å². The van der Waals surface area contributed by atoms with Crippen LogP contribution >= 0.6 is 0 Å². The van der Waals surface area contributed by atoms with Crippen LogP contribution in [0.5, 0.6) is 0 Å². The third-order valence-electron chi connectivity index (χ3n) is 4.56. The van der Waals surface area contributed by atoms with Crippen molar-refractivity contribution in [2.24, 2.45) is 0 Å². The summed E-state index contributed by atoms with van der Waals surface area (Å²) in [5.41, 5.74) is 2.83. The predicted molar refractivity (Wildman–Crippen MR) is 115 cm³/mol. The van der Waals surface area contributed by atoms with E-state index in [1.807, 2.05) is 13.8 Å². The molecule has 0 unspecified atom stereocenters. The molecule has 148 valence electrons. The largest absolute Gasteiger partial charge is 0.223 e. The fourth-order valence-corrected chi connectivity index (χ4v) is 5.41. The van der Waals surface area contributed by atoms with Gasteiger partial charge in [0, 0.05) is 11.8 Å². The fourth-order valence-electron chi connectivity index (χ4n) is 3.00. The highest BCUT2D eigenvalue weighted by Crippen LogP contribution is 2.39. The molecule has 1 aliphatic rings. The molecule has 2 aromatic carbocycles. The predicted octanol–water partition coefficient (Wildman–Crippen LogP) is 3.94. The van der Waals surface area contributed by atoms with Gasteiger partial charge in [0.1, 0.15) is 6.07 Å². The maximum Gasteiger partial charge on any atom is 0.207 e. The molecule has 0 N–H and O–H groups in total. The van der Waals surface area contributed by atoms with E-state index in [0.717, 1.165) is 17.4 Å². The molecule has 5 nitrogen and oxygen atoms in total. The van der Waals surface area contributed by atoms with Crippen molar-refractivity contribution in [3.63, 3.8) is 0 Å². The standard InChI is InChI=1S/C22H19NO4S2/c1-15-4-8-17(9-5-15)20-12-19(22(14-23)28(3,24)25)13-21(29(20,26)27)18-10-6-16(2)7-11-18/h4-13H,1-3H3. The SMILES string of the molecule is Cc1ccc(C2=CC(=C(C#N)S(C)(=O)=O)C=C(c3ccc(C)cc3)S2(=O)=O)cc1. The van der Waals surface area contributed by atoms with E-state index >= 15 is 0 Å². The van der Waals surface area contributed by atoms with Crippen LogP contribution in [0.2, 0.25) is 0 Å². The van der Waals surface area contributed by atoms with Gasteiger partial charge < -0.3 is 0 Å². The van der Waals surface area contributed by atoms with Gasteiger partial charge in [0.25, 0.3) is 0 Å². The molecule has 0 fully saturated rings. The fraction of sp³-hybridized carbons (Fsp3) is 0.136. The first kappa shape index (κ1) is 20.8. The zero-order chi connectivity index (χ0) is 21.4. The summed E-state index contributed by atoms with van der Waals surface area (Å²) in [6, 6.07) is 15.5. The summed E-state index contributed by atoms with van der Waals surface area (Å²) in [5, 5.41) is 9.44. The lowest BCUT2D eigenvalue weighted by Gasteiger charge is -2.19. The van der Waals surface area contributed by atoms with Crippen LogP contribution < -0.4 is 0 Å². The molecule has 0 radical (unpaired) electrons. The lowest BCUT2D eigenvalue weighted by molar-refractivity contribution is 0.607. The Hall–Kier alpha value is -2.95. The second kappa shape index (κ2) is 7.47. The average molecular weight is 426 g/mol. The first-order valence-corrected chi connectivity index (χ1v) is 12.1. The lowest BCUT2D eigenvalue weighted by Crippen LogP contribution is -2.12. The average Bonchev–Trinajstić information content (AvgIpc) is 2.64. The van der Waals surface area contributed by atoms with Gasteiger partial charge in [0.05, 0.1) is 9.81 Å². The highest BCUT2D eigenvalue weighted by atomic mass is 32.2. The summed E-state index contributed by atoms with van der Waals surface area (Å²) < 4.78 is 51.0. The highest BCUT2D eigenvalue weighted by molar-refractivity contribution is 8.09. The topological polar surface area (TPSA) is 92.1 Å². The van der Waals surface area contributed by atoms with Gasteiger partial charge in [-0.2, -0.15) is 5.26 Å². The van der Waals surface area contributed by atoms with Gasteiger partial charge in [-0.15, -0.1) is 0 Å². The number of hydrogen-bond donors (Lipinski definition) is 0. The summed E-state index contributed by atoms with van der Waals surface area (Å²) in [6.07, 6.45) is 3.45. The number of sulfone groups is 2. The number of rotatable bonds is 3. The molecule has 0 aromatic heterocycles. The van der Waals surface area contributed by atoms with Gasteiger partial charge >= 0.3 is 0 Å². The van der Waals surface area contributed by atoms with Gasteiger partial charge in [-0.3, -0.25) is 0 Å². The third kappa shape index (κ3) is 4.09. The molecule has 0 atom stereocenters. The van der Waals surface area contributed by atoms with E-state index in [4.69, 9.17) is 0 Å². The molecule has 0 spiro atoms. The molecule has 0 saturated heterocycles. The molecule has 29 heavy (non-hydrogen) atoms. The van der Waals surface area contributed by atoms with E-state index in [0.29, 0.717) is 11.1 Å². The first-order valence-electron chi connectivity index (χ1n) is 8.71. The highest BCUT2D eigenvalue weighted by Gasteiger charge is 2.31.